The van der Waals surface area contributed by atoms with Gasteiger partial charge in [-0.1, -0.05) is 18.0 Å². The van der Waals surface area contributed by atoms with Gasteiger partial charge in [-0.2, -0.15) is 4.31 Å². The van der Waals surface area contributed by atoms with Crippen molar-refractivity contribution in [1.82, 2.24) is 9.29 Å². The number of hydrazine groups is 1. The molecule has 1 aromatic rings. The number of nitrogens with one attached hydrogen (secondary N) is 1. The van der Waals surface area contributed by atoms with E-state index in [0.717, 1.165) is 19.3 Å². The van der Waals surface area contributed by atoms with Crippen LogP contribution in [0.5, 0.6) is 0 Å². The third kappa shape index (κ3) is 3.46. The number of hydrogen-bond acceptors (Lipinski definition) is 6. The predicted molar refractivity (Wildman–Crippen MR) is 80.3 cm³/mol. The topological polar surface area (TPSA) is 109 Å². The van der Waals surface area contributed by atoms with Gasteiger partial charge < -0.3 is 10.5 Å². The normalized spacial score (nSPS) is 20.4. The molecule has 2 heterocycles. The van der Waals surface area contributed by atoms with Crippen molar-refractivity contribution >= 4 is 27.4 Å². The summed E-state index contributed by atoms with van der Waals surface area (Å²) >= 11 is 5.94. The van der Waals surface area contributed by atoms with Crippen molar-refractivity contribution in [1.29, 1.82) is 0 Å². The van der Waals surface area contributed by atoms with Crippen molar-refractivity contribution in [3.63, 3.8) is 0 Å². The second-order valence-corrected chi connectivity index (χ2v) is 7.22. The van der Waals surface area contributed by atoms with Gasteiger partial charge >= 0.3 is 0 Å². The van der Waals surface area contributed by atoms with Gasteiger partial charge in [0.2, 0.25) is 10.0 Å². The zero-order valence-electron chi connectivity index (χ0n) is 11.5. The van der Waals surface area contributed by atoms with Gasteiger partial charge in [0.25, 0.3) is 0 Å². The molecule has 0 aromatic carbocycles. The predicted octanol–water partition coefficient (Wildman–Crippen LogP) is 0.946. The highest BCUT2D eigenvalue weighted by Gasteiger charge is 2.33. The molecular formula is C12H19ClN4O3S. The Morgan fingerprint density at radius 1 is 1.52 bits per heavy atom. The Hall–Kier alpha value is -0.930. The molecule has 0 radical (unpaired) electrons. The maximum Gasteiger partial charge on any atom is 0.244 e. The third-order valence-electron chi connectivity index (χ3n) is 3.59. The Bertz CT molecular complexity index is 594. The molecule has 1 aliphatic rings. The number of nitrogens with two attached hydrogens (primary N) is 1. The van der Waals surface area contributed by atoms with Gasteiger partial charge in [-0.25, -0.2) is 19.2 Å². The van der Waals surface area contributed by atoms with E-state index in [1.165, 1.54) is 16.6 Å². The molecule has 118 valence electrons. The lowest BCUT2D eigenvalue weighted by Crippen LogP contribution is -2.44. The highest BCUT2D eigenvalue weighted by molar-refractivity contribution is 7.89. The molecule has 9 heteroatoms. The third-order valence-corrected chi connectivity index (χ3v) is 5.80. The van der Waals surface area contributed by atoms with Gasteiger partial charge in [0.05, 0.1) is 5.02 Å². The number of nitrogen functional groups attached to an aromatic ring is 1. The number of pyridine rings is 1. The number of aromatic nitrogens is 1. The minimum absolute atomic E-state index is 0.0360. The van der Waals surface area contributed by atoms with Crippen molar-refractivity contribution in [2.75, 3.05) is 18.6 Å². The van der Waals surface area contributed by atoms with E-state index >= 15 is 0 Å². The monoisotopic (exact) mass is 334 g/mol. The number of anilines is 1. The fraction of sp³-hybridized carbons (Fsp3) is 0.583. The smallest absolute Gasteiger partial charge is 0.244 e. The molecule has 0 saturated carbocycles. The Balaban J connectivity index is 2.33. The lowest BCUT2D eigenvalue weighted by Gasteiger charge is -2.34. The summed E-state index contributed by atoms with van der Waals surface area (Å²) in [5.41, 5.74) is 2.30. The molecule has 0 amide bonds. The zero-order valence-corrected chi connectivity index (χ0v) is 13.1. The summed E-state index contributed by atoms with van der Waals surface area (Å²) < 4.78 is 26.9. The van der Waals surface area contributed by atoms with E-state index in [1.54, 1.807) is 0 Å². The minimum atomic E-state index is -3.67. The Morgan fingerprint density at radius 2 is 2.29 bits per heavy atom. The van der Waals surface area contributed by atoms with E-state index in [-0.39, 0.29) is 28.4 Å². The number of hydrogen-bond donors (Lipinski definition) is 3. The largest absolute Gasteiger partial charge is 0.396 e. The highest BCUT2D eigenvalue weighted by Crippen LogP contribution is 2.29. The summed E-state index contributed by atoms with van der Waals surface area (Å²) in [5.74, 6) is 5.45. The number of sulfonamides is 1. The maximum atomic E-state index is 12.7. The molecule has 1 aromatic heterocycles. The number of halogens is 1. The van der Waals surface area contributed by atoms with E-state index < -0.39 is 10.0 Å². The molecule has 1 aliphatic heterocycles. The van der Waals surface area contributed by atoms with E-state index in [0.29, 0.717) is 13.0 Å². The molecular weight excluding hydrogens is 316 g/mol. The summed E-state index contributed by atoms with van der Waals surface area (Å²) in [7, 11) is -3.67. The Morgan fingerprint density at radius 3 is 2.90 bits per heavy atom. The average Bonchev–Trinajstić information content (AvgIpc) is 2.48. The maximum absolute atomic E-state index is 12.7. The molecule has 0 spiro atoms. The first kappa shape index (κ1) is 16.4. The van der Waals surface area contributed by atoms with Gasteiger partial charge in [-0.15, -0.1) is 0 Å². The van der Waals surface area contributed by atoms with E-state index in [4.69, 9.17) is 22.6 Å². The van der Waals surface area contributed by atoms with E-state index in [9.17, 15) is 8.42 Å². The summed E-state index contributed by atoms with van der Waals surface area (Å²) in [6.45, 7) is 0.410. The van der Waals surface area contributed by atoms with Crippen molar-refractivity contribution < 1.29 is 13.5 Å². The average molecular weight is 335 g/mol. The van der Waals surface area contributed by atoms with E-state index in [1.807, 2.05) is 0 Å². The lowest BCUT2D eigenvalue weighted by atomic mass is 10.0. The molecule has 1 fully saturated rings. The number of aliphatic hydroxyl groups excluding tert-OH is 1. The molecule has 4 N–H and O–H groups in total. The SMILES string of the molecule is NNc1ncc(S(=O)(=O)N2CCCCC2CCO)cc1Cl. The van der Waals surface area contributed by atoms with Crippen molar-refractivity contribution in [2.45, 2.75) is 36.6 Å². The van der Waals surface area contributed by atoms with Crippen LogP contribution in [0.25, 0.3) is 0 Å². The summed E-state index contributed by atoms with van der Waals surface area (Å²) in [5, 5.41) is 9.26. The van der Waals surface area contributed by atoms with Crippen LogP contribution in [0.2, 0.25) is 5.02 Å². The van der Waals surface area contributed by atoms with Gasteiger partial charge in [0.15, 0.2) is 5.82 Å². The standard InChI is InChI=1S/C12H19ClN4O3S/c13-11-7-10(8-15-12(11)16-14)21(19,20)17-5-2-1-3-9(17)4-6-18/h7-9,18H,1-6,14H2,(H,15,16). The minimum Gasteiger partial charge on any atom is -0.396 e. The summed E-state index contributed by atoms with van der Waals surface area (Å²) in [6.07, 6.45) is 4.20. The number of piperidine rings is 1. The van der Waals surface area contributed by atoms with Crippen LogP contribution in [0.1, 0.15) is 25.7 Å². The van der Waals surface area contributed by atoms with Crippen LogP contribution in [-0.4, -0.2) is 42.0 Å². The van der Waals surface area contributed by atoms with Crippen LogP contribution in [0.15, 0.2) is 17.2 Å². The second-order valence-electron chi connectivity index (χ2n) is 4.92. The van der Waals surface area contributed by atoms with Crippen LogP contribution in [0.3, 0.4) is 0 Å². The summed E-state index contributed by atoms with van der Waals surface area (Å²) in [4.78, 5) is 3.94. The van der Waals surface area contributed by atoms with Crippen LogP contribution in [0.4, 0.5) is 5.82 Å². The van der Waals surface area contributed by atoms with Crippen LogP contribution in [0, 0.1) is 0 Å². The fourth-order valence-electron chi connectivity index (χ4n) is 2.53. The molecule has 1 atom stereocenters. The first-order valence-electron chi connectivity index (χ1n) is 6.75. The molecule has 0 bridgehead atoms. The first-order chi connectivity index (χ1) is 10.0. The van der Waals surface area contributed by atoms with Crippen LogP contribution in [-0.2, 0) is 10.0 Å². The van der Waals surface area contributed by atoms with Gasteiger partial charge in [0.1, 0.15) is 4.90 Å². The van der Waals surface area contributed by atoms with E-state index in [2.05, 4.69) is 10.4 Å². The molecule has 0 aliphatic carbocycles. The van der Waals surface area contributed by atoms with Crippen molar-refractivity contribution in [2.24, 2.45) is 5.84 Å². The van der Waals surface area contributed by atoms with Gasteiger partial charge in [-0.05, 0) is 25.3 Å². The quantitative estimate of drug-likeness (QED) is 0.546. The fourth-order valence-corrected chi connectivity index (χ4v) is 4.51. The number of rotatable bonds is 5. The second kappa shape index (κ2) is 6.89. The van der Waals surface area contributed by atoms with Crippen LogP contribution >= 0.6 is 11.6 Å². The van der Waals surface area contributed by atoms with Gasteiger partial charge in [-0.3, -0.25) is 0 Å². The molecule has 7 nitrogen and oxygen atoms in total. The van der Waals surface area contributed by atoms with Crippen molar-refractivity contribution in [3.05, 3.63) is 17.3 Å². The first-order valence-corrected chi connectivity index (χ1v) is 8.57. The van der Waals surface area contributed by atoms with Gasteiger partial charge in [0, 0.05) is 25.4 Å². The van der Waals surface area contributed by atoms with Crippen LogP contribution < -0.4 is 11.3 Å². The summed E-state index contributed by atoms with van der Waals surface area (Å²) in [6, 6.07) is 1.16. The molecule has 21 heavy (non-hydrogen) atoms. The van der Waals surface area contributed by atoms with Crippen molar-refractivity contribution in [3.8, 4) is 0 Å². The Kier molecular flexibility index (Phi) is 5.39. The highest BCUT2D eigenvalue weighted by atomic mass is 35.5. The number of aliphatic hydroxyl groups is 1. The molecule has 1 saturated heterocycles. The zero-order chi connectivity index (χ0) is 15.5. The number of nitrogens with zero attached hydrogens (tertiary/aromatic N) is 2. The molecule has 2 rings (SSSR count). The molecule has 1 unspecified atom stereocenters. The Labute approximate surface area is 129 Å². The lowest BCUT2D eigenvalue weighted by molar-refractivity contribution is 0.192.